The van der Waals surface area contributed by atoms with E-state index in [0.717, 1.165) is 17.7 Å². The van der Waals surface area contributed by atoms with Gasteiger partial charge >= 0.3 is 6.03 Å². The second kappa shape index (κ2) is 5.24. The Hall–Kier alpha value is -2.50. The molecule has 1 aliphatic rings. The number of para-hydroxylation sites is 1. The number of benzene rings is 1. The molecule has 20 heavy (non-hydrogen) atoms. The van der Waals surface area contributed by atoms with Gasteiger partial charge < -0.3 is 14.6 Å². The molecule has 6 heteroatoms. The van der Waals surface area contributed by atoms with Crippen molar-refractivity contribution in [1.82, 2.24) is 10.5 Å². The maximum Gasteiger partial charge on any atom is 0.320 e. The molecule has 0 bridgehead atoms. The van der Waals surface area contributed by atoms with E-state index in [1.807, 2.05) is 24.3 Å². The summed E-state index contributed by atoms with van der Waals surface area (Å²) in [5.41, 5.74) is 0.991. The summed E-state index contributed by atoms with van der Waals surface area (Å²) in [6, 6.07) is 9.01. The van der Waals surface area contributed by atoms with E-state index < -0.39 is 0 Å². The number of carbonyl (C=O) groups is 1. The third-order valence-corrected chi connectivity index (χ3v) is 3.13. The average Bonchev–Trinajstić information content (AvgIpc) is 2.84. The summed E-state index contributed by atoms with van der Waals surface area (Å²) in [5.74, 6) is 1.87. The zero-order valence-electron chi connectivity index (χ0n) is 11.1. The van der Waals surface area contributed by atoms with Crippen LogP contribution in [0.25, 0.3) is 0 Å². The highest BCUT2D eigenvalue weighted by molar-refractivity contribution is 5.88. The van der Waals surface area contributed by atoms with Crippen molar-refractivity contribution in [3.8, 4) is 5.75 Å². The van der Waals surface area contributed by atoms with E-state index >= 15 is 0 Å². The second-order valence-electron chi connectivity index (χ2n) is 4.65. The maximum atomic E-state index is 12.0. The van der Waals surface area contributed by atoms with Crippen molar-refractivity contribution >= 4 is 11.8 Å². The number of ether oxygens (including phenoxy) is 1. The first kappa shape index (κ1) is 12.5. The lowest BCUT2D eigenvalue weighted by Crippen LogP contribution is -2.35. The molecule has 1 unspecified atom stereocenters. The molecular weight excluding hydrogens is 258 g/mol. The van der Waals surface area contributed by atoms with Crippen LogP contribution in [0.5, 0.6) is 5.75 Å². The number of anilines is 1. The van der Waals surface area contributed by atoms with Crippen LogP contribution in [0.2, 0.25) is 0 Å². The summed E-state index contributed by atoms with van der Waals surface area (Å²) in [6.45, 7) is 2.36. The number of fused-ring (bicyclic) bond motifs is 1. The predicted molar refractivity (Wildman–Crippen MR) is 72.7 cm³/mol. The van der Waals surface area contributed by atoms with Gasteiger partial charge in [-0.2, -0.15) is 0 Å². The Bertz CT molecular complexity index is 624. The first-order valence-corrected chi connectivity index (χ1v) is 6.45. The molecule has 1 aromatic heterocycles. The standard InChI is InChI=1S/C14H15N3O3/c1-9-8-13(17-20-9)16-14(18)15-11-6-7-19-12-5-3-2-4-10(11)12/h2-5,8,11H,6-7H2,1H3,(H2,15,16,17,18). The lowest BCUT2D eigenvalue weighted by molar-refractivity contribution is 0.232. The van der Waals surface area contributed by atoms with E-state index in [0.29, 0.717) is 18.2 Å². The van der Waals surface area contributed by atoms with Gasteiger partial charge in [-0.05, 0) is 13.0 Å². The lowest BCUT2D eigenvalue weighted by atomic mass is 10.0. The number of nitrogens with zero attached hydrogens (tertiary/aromatic N) is 1. The van der Waals surface area contributed by atoms with Crippen LogP contribution in [-0.4, -0.2) is 17.8 Å². The van der Waals surface area contributed by atoms with Gasteiger partial charge in [0.2, 0.25) is 0 Å². The number of hydrogen-bond acceptors (Lipinski definition) is 4. The molecule has 1 aromatic carbocycles. The van der Waals surface area contributed by atoms with E-state index in [-0.39, 0.29) is 12.1 Å². The minimum atomic E-state index is -0.306. The lowest BCUT2D eigenvalue weighted by Gasteiger charge is -2.26. The van der Waals surface area contributed by atoms with Gasteiger partial charge in [0.05, 0.1) is 12.6 Å². The van der Waals surface area contributed by atoms with Crippen LogP contribution in [0.15, 0.2) is 34.9 Å². The maximum absolute atomic E-state index is 12.0. The van der Waals surface area contributed by atoms with E-state index in [4.69, 9.17) is 9.26 Å². The number of aryl methyl sites for hydroxylation is 1. The largest absolute Gasteiger partial charge is 0.493 e. The normalized spacial score (nSPS) is 16.9. The zero-order chi connectivity index (χ0) is 13.9. The Kier molecular flexibility index (Phi) is 3.28. The van der Waals surface area contributed by atoms with Crippen molar-refractivity contribution in [3.05, 3.63) is 41.7 Å². The molecule has 0 radical (unpaired) electrons. The minimum absolute atomic E-state index is 0.0621. The van der Waals surface area contributed by atoms with E-state index in [9.17, 15) is 4.79 Å². The zero-order valence-corrected chi connectivity index (χ0v) is 11.1. The van der Waals surface area contributed by atoms with Crippen molar-refractivity contribution in [3.63, 3.8) is 0 Å². The van der Waals surface area contributed by atoms with Gasteiger partial charge in [-0.1, -0.05) is 23.4 Å². The smallest absolute Gasteiger partial charge is 0.320 e. The number of hydrogen-bond donors (Lipinski definition) is 2. The van der Waals surface area contributed by atoms with Crippen LogP contribution in [0, 0.1) is 6.92 Å². The summed E-state index contributed by atoms with van der Waals surface area (Å²) < 4.78 is 10.5. The van der Waals surface area contributed by atoms with Crippen LogP contribution in [-0.2, 0) is 0 Å². The summed E-state index contributed by atoms with van der Waals surface area (Å²) >= 11 is 0. The van der Waals surface area contributed by atoms with Crippen LogP contribution in [0.4, 0.5) is 10.6 Å². The highest BCUT2D eigenvalue weighted by Gasteiger charge is 2.22. The number of aromatic nitrogens is 1. The Labute approximate surface area is 116 Å². The predicted octanol–water partition coefficient (Wildman–Crippen LogP) is 2.63. The molecule has 6 nitrogen and oxygen atoms in total. The number of rotatable bonds is 2. The molecule has 2 aromatic rings. The van der Waals surface area contributed by atoms with Gasteiger partial charge in [-0.25, -0.2) is 4.79 Å². The molecule has 0 fully saturated rings. The van der Waals surface area contributed by atoms with Crippen molar-refractivity contribution in [2.24, 2.45) is 0 Å². The Morgan fingerprint density at radius 3 is 3.05 bits per heavy atom. The minimum Gasteiger partial charge on any atom is -0.493 e. The summed E-state index contributed by atoms with van der Waals surface area (Å²) in [4.78, 5) is 12.0. The third-order valence-electron chi connectivity index (χ3n) is 3.13. The first-order chi connectivity index (χ1) is 9.72. The summed E-state index contributed by atoms with van der Waals surface area (Å²) in [7, 11) is 0. The fourth-order valence-electron chi connectivity index (χ4n) is 2.23. The Morgan fingerprint density at radius 1 is 1.40 bits per heavy atom. The fraction of sp³-hybridized carbons (Fsp3) is 0.286. The quantitative estimate of drug-likeness (QED) is 0.881. The monoisotopic (exact) mass is 273 g/mol. The molecule has 3 rings (SSSR count). The molecule has 2 N–H and O–H groups in total. The van der Waals surface area contributed by atoms with Crippen LogP contribution in [0.1, 0.15) is 23.8 Å². The summed E-state index contributed by atoms with van der Waals surface area (Å²) in [5, 5.41) is 9.29. The Morgan fingerprint density at radius 2 is 2.25 bits per heavy atom. The van der Waals surface area contributed by atoms with Gasteiger partial charge in [0.15, 0.2) is 5.82 Å². The molecule has 0 spiro atoms. The highest BCUT2D eigenvalue weighted by Crippen LogP contribution is 2.31. The van der Waals surface area contributed by atoms with Crippen LogP contribution >= 0.6 is 0 Å². The van der Waals surface area contributed by atoms with Crippen LogP contribution < -0.4 is 15.4 Å². The molecule has 1 atom stereocenters. The van der Waals surface area contributed by atoms with Gasteiger partial charge in [0.1, 0.15) is 11.5 Å². The van der Waals surface area contributed by atoms with Crippen molar-refractivity contribution < 1.29 is 14.1 Å². The van der Waals surface area contributed by atoms with Gasteiger partial charge in [0.25, 0.3) is 0 Å². The van der Waals surface area contributed by atoms with Crippen molar-refractivity contribution in [1.29, 1.82) is 0 Å². The van der Waals surface area contributed by atoms with Gasteiger partial charge in [0, 0.05) is 18.1 Å². The second-order valence-corrected chi connectivity index (χ2v) is 4.65. The van der Waals surface area contributed by atoms with Gasteiger partial charge in [-0.15, -0.1) is 0 Å². The highest BCUT2D eigenvalue weighted by atomic mass is 16.5. The van der Waals surface area contributed by atoms with Gasteiger partial charge in [-0.3, -0.25) is 5.32 Å². The van der Waals surface area contributed by atoms with Crippen molar-refractivity contribution in [2.75, 3.05) is 11.9 Å². The van der Waals surface area contributed by atoms with Crippen LogP contribution in [0.3, 0.4) is 0 Å². The molecule has 104 valence electrons. The molecule has 2 amide bonds. The molecular formula is C14H15N3O3. The number of carbonyl (C=O) groups excluding carboxylic acids is 1. The number of amides is 2. The summed E-state index contributed by atoms with van der Waals surface area (Å²) in [6.07, 6.45) is 0.738. The SMILES string of the molecule is Cc1cc(NC(=O)NC2CCOc3ccccc32)no1. The van der Waals surface area contributed by atoms with E-state index in [1.54, 1.807) is 13.0 Å². The van der Waals surface area contributed by atoms with E-state index in [1.165, 1.54) is 0 Å². The third kappa shape index (κ3) is 2.59. The molecule has 1 aliphatic heterocycles. The van der Waals surface area contributed by atoms with E-state index in [2.05, 4.69) is 15.8 Å². The topological polar surface area (TPSA) is 76.4 Å². The number of urea groups is 1. The number of nitrogens with one attached hydrogen (secondary N) is 2. The van der Waals surface area contributed by atoms with Crippen molar-refractivity contribution in [2.45, 2.75) is 19.4 Å². The average molecular weight is 273 g/mol. The first-order valence-electron chi connectivity index (χ1n) is 6.45. The Balaban J connectivity index is 1.68. The molecule has 0 aliphatic carbocycles. The molecule has 0 saturated heterocycles. The fourth-order valence-corrected chi connectivity index (χ4v) is 2.23. The molecule has 2 heterocycles. The molecule has 0 saturated carbocycles.